The lowest BCUT2D eigenvalue weighted by Crippen LogP contribution is -2.36. The van der Waals surface area contributed by atoms with Crippen LogP contribution in [0.5, 0.6) is 0 Å². The van der Waals surface area contributed by atoms with Crippen molar-refractivity contribution in [2.24, 2.45) is 5.73 Å². The van der Waals surface area contributed by atoms with Crippen LogP contribution in [0, 0.1) is 0 Å². The number of fused-ring (bicyclic) bond motifs is 1. The van der Waals surface area contributed by atoms with E-state index in [9.17, 15) is 0 Å². The Morgan fingerprint density at radius 1 is 1.30 bits per heavy atom. The summed E-state index contributed by atoms with van der Waals surface area (Å²) in [5, 5.41) is 0. The number of imidazole rings is 1. The molecule has 2 N–H and O–H groups in total. The Labute approximate surface area is 119 Å². The Hall–Kier alpha value is -1.43. The normalized spacial score (nSPS) is 18.5. The second kappa shape index (κ2) is 5.91. The van der Waals surface area contributed by atoms with Gasteiger partial charge in [-0.3, -0.25) is 4.90 Å². The molecule has 5 nitrogen and oxygen atoms in total. The molecule has 2 heterocycles. The molecule has 1 aromatic carbocycles. The number of morpholine rings is 1. The van der Waals surface area contributed by atoms with E-state index < -0.39 is 0 Å². The van der Waals surface area contributed by atoms with E-state index in [-0.39, 0.29) is 6.04 Å². The fraction of sp³-hybridized carbons (Fsp3) is 0.533. The molecule has 1 atom stereocenters. The smallest absolute Gasteiger partial charge is 0.124 e. The van der Waals surface area contributed by atoms with Crippen LogP contribution in [0.15, 0.2) is 24.3 Å². The molecule has 0 aliphatic carbocycles. The molecule has 0 amide bonds. The lowest BCUT2D eigenvalue weighted by molar-refractivity contribution is 0.0325. The van der Waals surface area contributed by atoms with Gasteiger partial charge in [0.05, 0.1) is 30.8 Å². The first kappa shape index (κ1) is 13.5. The van der Waals surface area contributed by atoms with E-state index in [1.54, 1.807) is 0 Å². The maximum atomic E-state index is 5.87. The summed E-state index contributed by atoms with van der Waals surface area (Å²) in [6.45, 7) is 7.20. The second-order valence-corrected chi connectivity index (χ2v) is 5.36. The summed E-state index contributed by atoms with van der Waals surface area (Å²) in [5.74, 6) is 1.10. The molecule has 1 aliphatic heterocycles. The topological polar surface area (TPSA) is 56.3 Å². The molecule has 108 valence electrons. The Balaban J connectivity index is 1.95. The molecular formula is C15H22N4O. The van der Waals surface area contributed by atoms with Gasteiger partial charge in [-0.15, -0.1) is 0 Å². The van der Waals surface area contributed by atoms with Crippen LogP contribution < -0.4 is 5.73 Å². The summed E-state index contributed by atoms with van der Waals surface area (Å²) >= 11 is 0. The zero-order chi connectivity index (χ0) is 13.9. The Kier molecular flexibility index (Phi) is 4.00. The van der Waals surface area contributed by atoms with Crippen LogP contribution in [-0.4, -0.2) is 47.3 Å². The highest BCUT2D eigenvalue weighted by Crippen LogP contribution is 2.22. The maximum Gasteiger partial charge on any atom is 0.124 e. The predicted octanol–water partition coefficient (Wildman–Crippen LogP) is 1.39. The molecule has 1 aromatic heterocycles. The van der Waals surface area contributed by atoms with Crippen molar-refractivity contribution in [2.75, 3.05) is 32.8 Å². The standard InChI is InChI=1S/C15H22N4O/c1-12(10-16)19-14-5-3-2-4-13(14)17-15(19)11-18-6-8-20-9-7-18/h2-5,12H,6-11,16H2,1H3. The third kappa shape index (κ3) is 2.57. The van der Waals surface area contributed by atoms with Crippen LogP contribution in [0.1, 0.15) is 18.8 Å². The van der Waals surface area contributed by atoms with E-state index in [2.05, 4.69) is 34.6 Å². The minimum atomic E-state index is 0.262. The molecule has 0 saturated carbocycles. The molecule has 0 radical (unpaired) electrons. The van der Waals surface area contributed by atoms with Crippen molar-refractivity contribution in [2.45, 2.75) is 19.5 Å². The third-order valence-electron chi connectivity index (χ3n) is 3.92. The van der Waals surface area contributed by atoms with Crippen LogP contribution in [0.25, 0.3) is 11.0 Å². The van der Waals surface area contributed by atoms with Gasteiger partial charge in [0.25, 0.3) is 0 Å². The second-order valence-electron chi connectivity index (χ2n) is 5.36. The summed E-state index contributed by atoms with van der Waals surface area (Å²) in [4.78, 5) is 7.19. The minimum absolute atomic E-state index is 0.262. The van der Waals surface area contributed by atoms with E-state index in [1.807, 2.05) is 6.07 Å². The summed E-state index contributed by atoms with van der Waals surface area (Å²) in [6.07, 6.45) is 0. The fourth-order valence-electron chi connectivity index (χ4n) is 2.76. The fourth-order valence-corrected chi connectivity index (χ4v) is 2.76. The molecule has 1 unspecified atom stereocenters. The number of rotatable bonds is 4. The first-order valence-corrected chi connectivity index (χ1v) is 7.25. The molecule has 2 aromatic rings. The van der Waals surface area contributed by atoms with Gasteiger partial charge >= 0.3 is 0 Å². The van der Waals surface area contributed by atoms with E-state index in [0.29, 0.717) is 6.54 Å². The van der Waals surface area contributed by atoms with E-state index in [1.165, 1.54) is 5.52 Å². The van der Waals surface area contributed by atoms with Crippen LogP contribution in [0.2, 0.25) is 0 Å². The summed E-state index contributed by atoms with van der Waals surface area (Å²) in [6, 6.07) is 8.54. The number of aromatic nitrogens is 2. The number of benzene rings is 1. The summed E-state index contributed by atoms with van der Waals surface area (Å²) in [7, 11) is 0. The maximum absolute atomic E-state index is 5.87. The number of hydrogen-bond acceptors (Lipinski definition) is 4. The van der Waals surface area contributed by atoms with Gasteiger partial charge < -0.3 is 15.0 Å². The molecule has 3 rings (SSSR count). The van der Waals surface area contributed by atoms with Crippen molar-refractivity contribution >= 4 is 11.0 Å². The molecule has 1 saturated heterocycles. The number of nitrogens with zero attached hydrogens (tertiary/aromatic N) is 3. The van der Waals surface area contributed by atoms with Gasteiger partial charge in [0.2, 0.25) is 0 Å². The lowest BCUT2D eigenvalue weighted by atomic mass is 10.2. The van der Waals surface area contributed by atoms with Crippen LogP contribution in [0.4, 0.5) is 0 Å². The Bertz CT molecular complexity index is 574. The van der Waals surface area contributed by atoms with E-state index in [4.69, 9.17) is 15.5 Å². The Morgan fingerprint density at radius 3 is 2.80 bits per heavy atom. The largest absolute Gasteiger partial charge is 0.379 e. The van der Waals surface area contributed by atoms with Gasteiger partial charge in [0.1, 0.15) is 5.82 Å². The van der Waals surface area contributed by atoms with Gasteiger partial charge in [0, 0.05) is 25.7 Å². The van der Waals surface area contributed by atoms with Gasteiger partial charge in [-0.25, -0.2) is 4.98 Å². The monoisotopic (exact) mass is 274 g/mol. The average Bonchev–Trinajstić information content (AvgIpc) is 2.85. The first-order chi connectivity index (χ1) is 9.79. The van der Waals surface area contributed by atoms with Crippen molar-refractivity contribution in [3.63, 3.8) is 0 Å². The van der Waals surface area contributed by atoms with Crippen molar-refractivity contribution in [1.29, 1.82) is 0 Å². The molecule has 0 spiro atoms. The number of ether oxygens (including phenoxy) is 1. The molecule has 1 fully saturated rings. The summed E-state index contributed by atoms with van der Waals surface area (Å²) in [5.41, 5.74) is 8.10. The van der Waals surface area contributed by atoms with Crippen LogP contribution in [0.3, 0.4) is 0 Å². The number of nitrogens with two attached hydrogens (primary N) is 1. The van der Waals surface area contributed by atoms with Crippen LogP contribution >= 0.6 is 0 Å². The highest BCUT2D eigenvalue weighted by Gasteiger charge is 2.18. The zero-order valence-electron chi connectivity index (χ0n) is 12.0. The lowest BCUT2D eigenvalue weighted by Gasteiger charge is -2.27. The van der Waals surface area contributed by atoms with Crippen molar-refractivity contribution in [3.8, 4) is 0 Å². The molecule has 0 bridgehead atoms. The van der Waals surface area contributed by atoms with Gasteiger partial charge in [-0.1, -0.05) is 12.1 Å². The van der Waals surface area contributed by atoms with E-state index >= 15 is 0 Å². The average molecular weight is 274 g/mol. The third-order valence-corrected chi connectivity index (χ3v) is 3.92. The molecule has 1 aliphatic rings. The van der Waals surface area contributed by atoms with Crippen molar-refractivity contribution < 1.29 is 4.74 Å². The number of hydrogen-bond donors (Lipinski definition) is 1. The Morgan fingerprint density at radius 2 is 2.05 bits per heavy atom. The van der Waals surface area contributed by atoms with E-state index in [0.717, 1.165) is 44.2 Å². The van der Waals surface area contributed by atoms with Gasteiger partial charge in [-0.05, 0) is 19.1 Å². The number of para-hydroxylation sites is 2. The summed E-state index contributed by atoms with van der Waals surface area (Å²) < 4.78 is 7.69. The highest BCUT2D eigenvalue weighted by atomic mass is 16.5. The minimum Gasteiger partial charge on any atom is -0.379 e. The zero-order valence-corrected chi connectivity index (χ0v) is 12.0. The molecule has 20 heavy (non-hydrogen) atoms. The van der Waals surface area contributed by atoms with Gasteiger partial charge in [0.15, 0.2) is 0 Å². The molecular weight excluding hydrogens is 252 g/mol. The molecule has 5 heteroatoms. The van der Waals surface area contributed by atoms with Crippen molar-refractivity contribution in [3.05, 3.63) is 30.1 Å². The van der Waals surface area contributed by atoms with Gasteiger partial charge in [-0.2, -0.15) is 0 Å². The van der Waals surface area contributed by atoms with Crippen molar-refractivity contribution in [1.82, 2.24) is 14.5 Å². The highest BCUT2D eigenvalue weighted by molar-refractivity contribution is 5.76. The predicted molar refractivity (Wildman–Crippen MR) is 79.6 cm³/mol. The first-order valence-electron chi connectivity index (χ1n) is 7.25. The quantitative estimate of drug-likeness (QED) is 0.915. The van der Waals surface area contributed by atoms with Crippen LogP contribution in [-0.2, 0) is 11.3 Å². The SMILES string of the molecule is CC(CN)n1c(CN2CCOCC2)nc2ccccc21.